The lowest BCUT2D eigenvalue weighted by Gasteiger charge is -2.06. The van der Waals surface area contributed by atoms with Gasteiger partial charge in [-0.15, -0.1) is 11.8 Å². The SMILES string of the molecule is CSc1c(O)cccc1-c1cc(N)n[nH]1. The molecule has 0 aliphatic carbocycles. The monoisotopic (exact) mass is 221 g/mol. The molecule has 2 rings (SSSR count). The molecule has 1 heterocycles. The molecule has 1 aromatic carbocycles. The second-order valence-corrected chi connectivity index (χ2v) is 3.88. The van der Waals surface area contributed by atoms with Crippen LogP contribution in [0.15, 0.2) is 29.2 Å². The number of nitrogens with two attached hydrogens (primary N) is 1. The fourth-order valence-corrected chi connectivity index (χ4v) is 2.10. The van der Waals surface area contributed by atoms with E-state index in [0.717, 1.165) is 16.2 Å². The van der Waals surface area contributed by atoms with Gasteiger partial charge in [0.2, 0.25) is 0 Å². The number of nitrogens with zero attached hydrogens (tertiary/aromatic N) is 1. The Morgan fingerprint density at radius 3 is 2.87 bits per heavy atom. The van der Waals surface area contributed by atoms with Gasteiger partial charge in [-0.05, 0) is 12.3 Å². The fraction of sp³-hybridized carbons (Fsp3) is 0.100. The van der Waals surface area contributed by atoms with E-state index in [1.54, 1.807) is 18.2 Å². The van der Waals surface area contributed by atoms with Crippen molar-refractivity contribution in [3.8, 4) is 17.0 Å². The first-order valence-corrected chi connectivity index (χ1v) is 5.62. The highest BCUT2D eigenvalue weighted by Crippen LogP contribution is 2.36. The molecule has 0 saturated heterocycles. The largest absolute Gasteiger partial charge is 0.507 e. The van der Waals surface area contributed by atoms with Crippen LogP contribution in [0.4, 0.5) is 5.82 Å². The van der Waals surface area contributed by atoms with Gasteiger partial charge in [0.1, 0.15) is 11.6 Å². The van der Waals surface area contributed by atoms with Gasteiger partial charge in [-0.3, -0.25) is 5.10 Å². The molecule has 1 aromatic heterocycles. The van der Waals surface area contributed by atoms with Gasteiger partial charge in [0.25, 0.3) is 0 Å². The number of aromatic hydroxyl groups is 1. The van der Waals surface area contributed by atoms with E-state index in [1.165, 1.54) is 11.8 Å². The van der Waals surface area contributed by atoms with Crippen LogP contribution in [-0.4, -0.2) is 21.6 Å². The van der Waals surface area contributed by atoms with E-state index in [4.69, 9.17) is 5.73 Å². The molecular weight excluding hydrogens is 210 g/mol. The molecule has 2 aromatic rings. The molecule has 0 bridgehead atoms. The third-order valence-electron chi connectivity index (χ3n) is 2.09. The average Bonchev–Trinajstić information content (AvgIpc) is 2.64. The van der Waals surface area contributed by atoms with Gasteiger partial charge in [0.15, 0.2) is 0 Å². The molecule has 0 saturated carbocycles. The van der Waals surface area contributed by atoms with Crippen LogP contribution < -0.4 is 5.73 Å². The van der Waals surface area contributed by atoms with Crippen molar-refractivity contribution in [2.24, 2.45) is 0 Å². The number of H-pyrrole nitrogens is 1. The number of hydrogen-bond donors (Lipinski definition) is 3. The highest BCUT2D eigenvalue weighted by molar-refractivity contribution is 7.98. The minimum atomic E-state index is 0.271. The Labute approximate surface area is 91.5 Å². The second kappa shape index (κ2) is 3.86. The molecule has 0 amide bonds. The number of phenolic OH excluding ortho intramolecular Hbond substituents is 1. The van der Waals surface area contributed by atoms with Crippen molar-refractivity contribution in [1.82, 2.24) is 10.2 Å². The standard InChI is InChI=1S/C10H11N3OS/c1-15-10-6(3-2-4-8(10)14)7-5-9(11)13-12-7/h2-5,14H,1H3,(H3,11,12,13). The highest BCUT2D eigenvalue weighted by Gasteiger charge is 2.10. The van der Waals surface area contributed by atoms with Gasteiger partial charge < -0.3 is 10.8 Å². The van der Waals surface area contributed by atoms with E-state index in [-0.39, 0.29) is 5.75 Å². The second-order valence-electron chi connectivity index (χ2n) is 3.06. The lowest BCUT2D eigenvalue weighted by molar-refractivity contribution is 0.463. The summed E-state index contributed by atoms with van der Waals surface area (Å²) >= 11 is 1.49. The van der Waals surface area contributed by atoms with E-state index in [1.807, 2.05) is 12.3 Å². The normalized spacial score (nSPS) is 10.5. The molecule has 0 spiro atoms. The van der Waals surface area contributed by atoms with Crippen molar-refractivity contribution >= 4 is 17.6 Å². The Morgan fingerprint density at radius 1 is 1.47 bits per heavy atom. The number of nitrogen functional groups attached to an aromatic ring is 1. The summed E-state index contributed by atoms with van der Waals surface area (Å²) in [7, 11) is 0. The van der Waals surface area contributed by atoms with Crippen molar-refractivity contribution < 1.29 is 5.11 Å². The van der Waals surface area contributed by atoms with Crippen molar-refractivity contribution in [1.29, 1.82) is 0 Å². The van der Waals surface area contributed by atoms with Crippen molar-refractivity contribution in [3.05, 3.63) is 24.3 Å². The Kier molecular flexibility index (Phi) is 2.55. The zero-order chi connectivity index (χ0) is 10.8. The van der Waals surface area contributed by atoms with Crippen LogP contribution in [0.2, 0.25) is 0 Å². The average molecular weight is 221 g/mol. The molecule has 0 aliphatic heterocycles. The Bertz CT molecular complexity index is 481. The van der Waals surface area contributed by atoms with Crippen LogP contribution in [-0.2, 0) is 0 Å². The van der Waals surface area contributed by atoms with Crippen LogP contribution in [0.5, 0.6) is 5.75 Å². The molecule has 4 N–H and O–H groups in total. The smallest absolute Gasteiger partial charge is 0.145 e. The van der Waals surface area contributed by atoms with Gasteiger partial charge >= 0.3 is 0 Å². The first kappa shape index (κ1) is 9.92. The number of anilines is 1. The molecule has 4 nitrogen and oxygen atoms in total. The maximum atomic E-state index is 9.67. The minimum Gasteiger partial charge on any atom is -0.507 e. The number of phenols is 1. The van der Waals surface area contributed by atoms with Crippen LogP contribution >= 0.6 is 11.8 Å². The van der Waals surface area contributed by atoms with Gasteiger partial charge in [0, 0.05) is 11.6 Å². The van der Waals surface area contributed by atoms with Crippen LogP contribution in [0.25, 0.3) is 11.3 Å². The van der Waals surface area contributed by atoms with E-state index in [9.17, 15) is 5.11 Å². The third kappa shape index (κ3) is 1.78. The number of thioether (sulfide) groups is 1. The van der Waals surface area contributed by atoms with E-state index in [0.29, 0.717) is 5.82 Å². The minimum absolute atomic E-state index is 0.271. The maximum absolute atomic E-state index is 9.67. The Hall–Kier alpha value is -1.62. The zero-order valence-electron chi connectivity index (χ0n) is 8.19. The predicted octanol–water partition coefficient (Wildman–Crippen LogP) is 2.09. The first-order chi connectivity index (χ1) is 7.22. The number of hydrogen-bond acceptors (Lipinski definition) is 4. The van der Waals surface area contributed by atoms with E-state index >= 15 is 0 Å². The van der Waals surface area contributed by atoms with E-state index in [2.05, 4.69) is 10.2 Å². The molecule has 0 radical (unpaired) electrons. The molecule has 0 aliphatic rings. The van der Waals surface area contributed by atoms with Gasteiger partial charge in [0.05, 0.1) is 10.6 Å². The number of rotatable bonds is 2. The summed E-state index contributed by atoms with van der Waals surface area (Å²) in [5, 5.41) is 16.4. The molecular formula is C10H11N3OS. The van der Waals surface area contributed by atoms with E-state index < -0.39 is 0 Å². The van der Waals surface area contributed by atoms with Gasteiger partial charge in [-0.1, -0.05) is 12.1 Å². The molecule has 5 heteroatoms. The summed E-state index contributed by atoms with van der Waals surface area (Å²) in [4.78, 5) is 0.821. The molecule has 78 valence electrons. The number of aromatic amines is 1. The lowest BCUT2D eigenvalue weighted by Crippen LogP contribution is -1.83. The van der Waals surface area contributed by atoms with Crippen molar-refractivity contribution in [2.75, 3.05) is 12.0 Å². The fourth-order valence-electron chi connectivity index (χ4n) is 1.43. The lowest BCUT2D eigenvalue weighted by atomic mass is 10.1. The predicted molar refractivity (Wildman–Crippen MR) is 61.9 cm³/mol. The summed E-state index contributed by atoms with van der Waals surface area (Å²) in [6.45, 7) is 0. The highest BCUT2D eigenvalue weighted by atomic mass is 32.2. The maximum Gasteiger partial charge on any atom is 0.145 e. The summed E-state index contributed by atoms with van der Waals surface area (Å²) in [6.07, 6.45) is 1.91. The summed E-state index contributed by atoms with van der Waals surface area (Å²) < 4.78 is 0. The number of aromatic nitrogens is 2. The van der Waals surface area contributed by atoms with Crippen molar-refractivity contribution in [2.45, 2.75) is 4.90 Å². The zero-order valence-corrected chi connectivity index (χ0v) is 9.01. The van der Waals surface area contributed by atoms with Crippen LogP contribution in [0.1, 0.15) is 0 Å². The quantitative estimate of drug-likeness (QED) is 0.679. The van der Waals surface area contributed by atoms with Crippen LogP contribution in [0.3, 0.4) is 0 Å². The summed E-state index contributed by atoms with van der Waals surface area (Å²) in [6, 6.07) is 7.11. The topological polar surface area (TPSA) is 74.9 Å². The molecule has 0 fully saturated rings. The molecule has 0 atom stereocenters. The summed E-state index contributed by atoms with van der Waals surface area (Å²) in [5.74, 6) is 0.716. The summed E-state index contributed by atoms with van der Waals surface area (Å²) in [5.41, 5.74) is 7.26. The molecule has 0 unspecified atom stereocenters. The third-order valence-corrected chi connectivity index (χ3v) is 2.92. The Morgan fingerprint density at radius 2 is 2.27 bits per heavy atom. The van der Waals surface area contributed by atoms with Gasteiger partial charge in [-0.25, -0.2) is 0 Å². The van der Waals surface area contributed by atoms with Gasteiger partial charge in [-0.2, -0.15) is 5.10 Å². The van der Waals surface area contributed by atoms with Crippen LogP contribution in [0, 0.1) is 0 Å². The number of benzene rings is 1. The van der Waals surface area contributed by atoms with Crippen molar-refractivity contribution in [3.63, 3.8) is 0 Å². The first-order valence-electron chi connectivity index (χ1n) is 4.39. The molecule has 15 heavy (non-hydrogen) atoms. The number of nitrogens with one attached hydrogen (secondary N) is 1. The Balaban J connectivity index is 2.57.